The first-order valence-electron chi connectivity index (χ1n) is 10.5. The molecule has 0 aromatic heterocycles. The van der Waals surface area contributed by atoms with E-state index >= 15 is 0 Å². The normalized spacial score (nSPS) is 10.6. The number of rotatable bonds is 8. The summed E-state index contributed by atoms with van der Waals surface area (Å²) in [6.45, 7) is 6.45. The van der Waals surface area contributed by atoms with Gasteiger partial charge in [-0.15, -0.1) is 0 Å². The van der Waals surface area contributed by atoms with Gasteiger partial charge in [-0.05, 0) is 61.2 Å². The Morgan fingerprint density at radius 3 is 1.71 bits per heavy atom. The molecule has 0 fully saturated rings. The van der Waals surface area contributed by atoms with Gasteiger partial charge in [-0.2, -0.15) is 0 Å². The zero-order valence-corrected chi connectivity index (χ0v) is 18.1. The summed E-state index contributed by atoms with van der Waals surface area (Å²) in [6.07, 6.45) is 0.225. The Kier molecular flexibility index (Phi) is 7.44. The topological polar surface area (TPSA) is 67.4 Å². The number of hydrogen-bond donors (Lipinski definition) is 2. The number of carbonyl (C=O) groups excluding carboxylic acids is 2. The minimum absolute atomic E-state index is 0.250. The van der Waals surface area contributed by atoms with Gasteiger partial charge in [0.05, 0.1) is 6.61 Å². The summed E-state index contributed by atoms with van der Waals surface area (Å²) < 4.78 is 5.65. The highest BCUT2D eigenvalue weighted by molar-refractivity contribution is 5.98. The Balaban J connectivity index is 1.86. The summed E-state index contributed by atoms with van der Waals surface area (Å²) in [6, 6.07) is 22.1. The molecule has 3 aromatic rings. The molecule has 160 valence electrons. The molecule has 0 aliphatic carbocycles. The number of hydrogen-bond acceptors (Lipinski definition) is 3. The molecule has 5 nitrogen and oxygen atoms in total. The summed E-state index contributed by atoms with van der Waals surface area (Å²) in [5.41, 5.74) is 3.63. The van der Waals surface area contributed by atoms with Gasteiger partial charge in [0.25, 0.3) is 11.8 Å². The van der Waals surface area contributed by atoms with E-state index in [0.29, 0.717) is 17.7 Å². The molecule has 2 N–H and O–H groups in total. The highest BCUT2D eigenvalue weighted by Gasteiger charge is 2.20. The van der Waals surface area contributed by atoms with E-state index in [1.54, 1.807) is 12.1 Å². The molecule has 0 saturated carbocycles. The van der Waals surface area contributed by atoms with E-state index in [4.69, 9.17) is 4.74 Å². The standard InChI is InChI=1S/C26H28N2O3/c1-4-17-31-21-15-13-20(14-16-21)24(27-25(29)22-11-7-5-9-18(22)2)28-26(30)23-12-8-6-10-19(23)3/h5-16,24H,4,17H2,1-3H3,(H,27,29)(H,28,30). The third-order valence-electron chi connectivity index (χ3n) is 5.02. The number of carbonyl (C=O) groups is 2. The van der Waals surface area contributed by atoms with Crippen molar-refractivity contribution in [3.63, 3.8) is 0 Å². The first-order valence-corrected chi connectivity index (χ1v) is 10.5. The SMILES string of the molecule is CCCOc1ccc(C(NC(=O)c2ccccc2C)NC(=O)c2ccccc2C)cc1. The Labute approximate surface area is 183 Å². The highest BCUT2D eigenvalue weighted by Crippen LogP contribution is 2.19. The van der Waals surface area contributed by atoms with Gasteiger partial charge in [-0.1, -0.05) is 55.5 Å². The van der Waals surface area contributed by atoms with Crippen molar-refractivity contribution in [2.45, 2.75) is 33.4 Å². The van der Waals surface area contributed by atoms with Gasteiger partial charge in [0.15, 0.2) is 0 Å². The predicted octanol–water partition coefficient (Wildman–Crippen LogP) is 4.95. The molecule has 2 amide bonds. The molecule has 0 aliphatic rings. The van der Waals surface area contributed by atoms with Crippen LogP contribution in [-0.4, -0.2) is 18.4 Å². The number of amides is 2. The maximum Gasteiger partial charge on any atom is 0.253 e. The second kappa shape index (κ2) is 10.4. The largest absolute Gasteiger partial charge is 0.494 e. The first-order chi connectivity index (χ1) is 15.0. The van der Waals surface area contributed by atoms with Gasteiger partial charge >= 0.3 is 0 Å². The lowest BCUT2D eigenvalue weighted by atomic mass is 10.1. The molecule has 0 unspecified atom stereocenters. The molecule has 3 aromatic carbocycles. The van der Waals surface area contributed by atoms with Crippen LogP contribution in [0.4, 0.5) is 0 Å². The smallest absolute Gasteiger partial charge is 0.253 e. The van der Waals surface area contributed by atoms with Crippen molar-refractivity contribution in [3.05, 3.63) is 101 Å². The molecule has 3 rings (SSSR count). The van der Waals surface area contributed by atoms with E-state index in [2.05, 4.69) is 10.6 Å². The van der Waals surface area contributed by atoms with Crippen molar-refractivity contribution in [2.24, 2.45) is 0 Å². The number of benzene rings is 3. The van der Waals surface area contributed by atoms with Crippen molar-refractivity contribution >= 4 is 11.8 Å². The lowest BCUT2D eigenvalue weighted by molar-refractivity contribution is 0.0883. The van der Waals surface area contributed by atoms with Crippen LogP contribution in [0, 0.1) is 13.8 Å². The van der Waals surface area contributed by atoms with E-state index in [-0.39, 0.29) is 11.8 Å². The van der Waals surface area contributed by atoms with E-state index in [0.717, 1.165) is 28.9 Å². The summed E-state index contributed by atoms with van der Waals surface area (Å²) >= 11 is 0. The average molecular weight is 417 g/mol. The third-order valence-corrected chi connectivity index (χ3v) is 5.02. The molecule has 0 radical (unpaired) electrons. The maximum absolute atomic E-state index is 13.0. The minimum Gasteiger partial charge on any atom is -0.494 e. The van der Waals surface area contributed by atoms with E-state index in [9.17, 15) is 9.59 Å². The Morgan fingerprint density at radius 1 is 0.774 bits per heavy atom. The number of nitrogens with one attached hydrogen (secondary N) is 2. The summed E-state index contributed by atoms with van der Waals surface area (Å²) in [7, 11) is 0. The molecule has 0 aliphatic heterocycles. The minimum atomic E-state index is -0.695. The maximum atomic E-state index is 13.0. The fraction of sp³-hybridized carbons (Fsp3) is 0.231. The Bertz CT molecular complexity index is 985. The van der Waals surface area contributed by atoms with E-state index < -0.39 is 6.17 Å². The lowest BCUT2D eigenvalue weighted by Gasteiger charge is -2.22. The van der Waals surface area contributed by atoms with Crippen LogP contribution in [0.15, 0.2) is 72.8 Å². The Morgan fingerprint density at radius 2 is 1.26 bits per heavy atom. The lowest BCUT2D eigenvalue weighted by Crippen LogP contribution is -2.41. The summed E-state index contributed by atoms with van der Waals surface area (Å²) in [5, 5.41) is 5.92. The zero-order valence-electron chi connectivity index (χ0n) is 18.1. The van der Waals surface area contributed by atoms with Crippen LogP contribution in [0.1, 0.15) is 56.9 Å². The van der Waals surface area contributed by atoms with Crippen molar-refractivity contribution in [3.8, 4) is 5.75 Å². The number of ether oxygens (including phenoxy) is 1. The molecule has 0 atom stereocenters. The van der Waals surface area contributed by atoms with E-state index in [1.807, 2.05) is 81.4 Å². The predicted molar refractivity (Wildman–Crippen MR) is 122 cm³/mol. The summed E-state index contributed by atoms with van der Waals surface area (Å²) in [5.74, 6) is 0.249. The quantitative estimate of drug-likeness (QED) is 0.511. The van der Waals surface area contributed by atoms with Gasteiger partial charge in [0, 0.05) is 11.1 Å². The van der Waals surface area contributed by atoms with Crippen molar-refractivity contribution in [2.75, 3.05) is 6.61 Å². The molecular formula is C26H28N2O3. The fourth-order valence-electron chi connectivity index (χ4n) is 3.25. The molecule has 0 heterocycles. The molecule has 5 heteroatoms. The van der Waals surface area contributed by atoms with Gasteiger partial charge in [0.2, 0.25) is 0 Å². The Hall–Kier alpha value is -3.60. The van der Waals surface area contributed by atoms with Crippen molar-refractivity contribution in [1.29, 1.82) is 0 Å². The summed E-state index contributed by atoms with van der Waals surface area (Å²) in [4.78, 5) is 25.9. The van der Waals surface area contributed by atoms with Crippen LogP contribution in [0.3, 0.4) is 0 Å². The molecule has 0 bridgehead atoms. The fourth-order valence-corrected chi connectivity index (χ4v) is 3.25. The van der Waals surface area contributed by atoms with Crippen LogP contribution in [-0.2, 0) is 0 Å². The second-order valence-corrected chi connectivity index (χ2v) is 7.43. The van der Waals surface area contributed by atoms with Gasteiger partial charge in [0.1, 0.15) is 11.9 Å². The van der Waals surface area contributed by atoms with Gasteiger partial charge < -0.3 is 15.4 Å². The van der Waals surface area contributed by atoms with Crippen LogP contribution < -0.4 is 15.4 Å². The highest BCUT2D eigenvalue weighted by atomic mass is 16.5. The molecule has 31 heavy (non-hydrogen) atoms. The monoisotopic (exact) mass is 416 g/mol. The van der Waals surface area contributed by atoms with Gasteiger partial charge in [-0.25, -0.2) is 0 Å². The number of aryl methyl sites for hydroxylation is 2. The van der Waals surface area contributed by atoms with Crippen LogP contribution >= 0.6 is 0 Å². The van der Waals surface area contributed by atoms with E-state index in [1.165, 1.54) is 0 Å². The first kappa shape index (κ1) is 22.1. The molecular weight excluding hydrogens is 388 g/mol. The second-order valence-electron chi connectivity index (χ2n) is 7.43. The van der Waals surface area contributed by atoms with Crippen molar-refractivity contribution in [1.82, 2.24) is 10.6 Å². The third kappa shape index (κ3) is 5.72. The molecule has 0 saturated heterocycles. The molecule has 0 spiro atoms. The zero-order chi connectivity index (χ0) is 22.2. The van der Waals surface area contributed by atoms with Gasteiger partial charge in [-0.3, -0.25) is 9.59 Å². The van der Waals surface area contributed by atoms with Crippen LogP contribution in [0.5, 0.6) is 5.75 Å². The van der Waals surface area contributed by atoms with Crippen LogP contribution in [0.25, 0.3) is 0 Å². The average Bonchev–Trinajstić information content (AvgIpc) is 2.78. The van der Waals surface area contributed by atoms with Crippen molar-refractivity contribution < 1.29 is 14.3 Å². The van der Waals surface area contributed by atoms with Crippen LogP contribution in [0.2, 0.25) is 0 Å².